The van der Waals surface area contributed by atoms with Crippen LogP contribution in [0.4, 0.5) is 0 Å². The van der Waals surface area contributed by atoms with Gasteiger partial charge in [0.1, 0.15) is 12.4 Å². The zero-order valence-electron chi connectivity index (χ0n) is 13.9. The molecule has 0 spiro atoms. The van der Waals surface area contributed by atoms with E-state index < -0.39 is 0 Å². The van der Waals surface area contributed by atoms with Crippen LogP contribution in [-0.4, -0.2) is 42.6 Å². The molecule has 1 saturated carbocycles. The van der Waals surface area contributed by atoms with Crippen molar-refractivity contribution in [3.63, 3.8) is 0 Å². The number of benzene rings is 1. The number of carbonyl (C=O) groups is 1. The molecule has 2 fully saturated rings. The zero-order valence-corrected chi connectivity index (χ0v) is 13.9. The average molecular weight is 328 g/mol. The van der Waals surface area contributed by atoms with Crippen molar-refractivity contribution in [3.05, 3.63) is 29.8 Å². The molecule has 1 atom stereocenters. The molecule has 4 rings (SSSR count). The van der Waals surface area contributed by atoms with Gasteiger partial charge in [0.2, 0.25) is 0 Å². The highest BCUT2D eigenvalue weighted by molar-refractivity contribution is 5.93. The van der Waals surface area contributed by atoms with E-state index in [0.29, 0.717) is 25.6 Å². The lowest BCUT2D eigenvalue weighted by molar-refractivity contribution is -0.118. The van der Waals surface area contributed by atoms with Gasteiger partial charge in [0.15, 0.2) is 6.10 Å². The highest BCUT2D eigenvalue weighted by atomic mass is 16.6. The molecular formula is C19H24N2O3. The Balaban J connectivity index is 1.30. The van der Waals surface area contributed by atoms with Gasteiger partial charge in [-0.3, -0.25) is 4.79 Å². The molecule has 3 aliphatic rings. The molecule has 24 heavy (non-hydrogen) atoms. The molecule has 1 saturated heterocycles. The molecule has 0 bridgehead atoms. The normalized spacial score (nSPS) is 24.3. The largest absolute Gasteiger partial charge is 0.490 e. The third-order valence-electron chi connectivity index (χ3n) is 5.18. The number of amidine groups is 1. The number of carbonyl (C=O) groups excluding carboxylic acids is 1. The number of ether oxygens (including phenoxy) is 2. The van der Waals surface area contributed by atoms with Crippen LogP contribution in [0.5, 0.6) is 5.75 Å². The molecule has 0 aromatic heterocycles. The van der Waals surface area contributed by atoms with Crippen LogP contribution in [-0.2, 0) is 9.53 Å². The van der Waals surface area contributed by atoms with E-state index in [4.69, 9.17) is 9.47 Å². The molecule has 1 unspecified atom stereocenters. The van der Waals surface area contributed by atoms with Crippen molar-refractivity contribution in [1.82, 2.24) is 4.90 Å². The lowest BCUT2D eigenvalue weighted by atomic mass is 9.84. The minimum atomic E-state index is -0.0962. The summed E-state index contributed by atoms with van der Waals surface area (Å²) in [5, 5.41) is 0. The van der Waals surface area contributed by atoms with Gasteiger partial charge in [-0.2, -0.15) is 4.99 Å². The van der Waals surface area contributed by atoms with E-state index in [2.05, 4.69) is 29.3 Å². The molecule has 0 N–H and O–H groups in total. The topological polar surface area (TPSA) is 51.1 Å². The summed E-state index contributed by atoms with van der Waals surface area (Å²) < 4.78 is 11.6. The van der Waals surface area contributed by atoms with Crippen molar-refractivity contribution < 1.29 is 14.3 Å². The van der Waals surface area contributed by atoms with Crippen LogP contribution in [0, 0.1) is 0 Å². The zero-order chi connectivity index (χ0) is 16.4. The minimum Gasteiger partial charge on any atom is -0.490 e. The Kier molecular flexibility index (Phi) is 4.41. The minimum absolute atomic E-state index is 0.0623. The maximum absolute atomic E-state index is 11.3. The standard InChI is InChI=1S/C19H24N2O3/c22-18-10-11-21-12-17(24-19(21)20-18)13-23-16-8-6-15(7-9-16)14-4-2-1-3-5-14/h6-9,14,17H,1-5,10-13H2. The fourth-order valence-electron chi connectivity index (χ4n) is 3.81. The van der Waals surface area contributed by atoms with Crippen LogP contribution in [0.3, 0.4) is 0 Å². The fraction of sp³-hybridized carbons (Fsp3) is 0.579. The number of amides is 1. The van der Waals surface area contributed by atoms with E-state index in [1.165, 1.54) is 37.7 Å². The van der Waals surface area contributed by atoms with Gasteiger partial charge >= 0.3 is 0 Å². The number of fused-ring (bicyclic) bond motifs is 1. The smallest absolute Gasteiger partial charge is 0.295 e. The number of rotatable bonds is 4. The monoisotopic (exact) mass is 328 g/mol. The SMILES string of the molecule is O=C1CCN2CC(COc3ccc(C4CCCCC4)cc3)OC2=N1. The first-order chi connectivity index (χ1) is 11.8. The maximum atomic E-state index is 11.3. The Bertz CT molecular complexity index is 620. The molecule has 5 nitrogen and oxygen atoms in total. The molecular weight excluding hydrogens is 304 g/mol. The highest BCUT2D eigenvalue weighted by Gasteiger charge is 2.33. The number of aliphatic imine (C=N–C) groups is 1. The van der Waals surface area contributed by atoms with E-state index >= 15 is 0 Å². The van der Waals surface area contributed by atoms with Gasteiger partial charge in [-0.15, -0.1) is 0 Å². The van der Waals surface area contributed by atoms with Crippen molar-refractivity contribution in [2.45, 2.75) is 50.5 Å². The van der Waals surface area contributed by atoms with E-state index in [0.717, 1.165) is 18.2 Å². The summed E-state index contributed by atoms with van der Waals surface area (Å²) in [5.41, 5.74) is 1.43. The Morgan fingerprint density at radius 1 is 1.17 bits per heavy atom. The Hall–Kier alpha value is -2.04. The van der Waals surface area contributed by atoms with Gasteiger partial charge < -0.3 is 14.4 Å². The molecule has 5 heteroatoms. The molecule has 1 amide bonds. The van der Waals surface area contributed by atoms with E-state index in [1.54, 1.807) is 0 Å². The van der Waals surface area contributed by atoms with Crippen LogP contribution < -0.4 is 4.74 Å². The van der Waals surface area contributed by atoms with Gasteiger partial charge in [0.05, 0.1) is 6.54 Å². The molecule has 128 valence electrons. The molecule has 1 aromatic rings. The van der Waals surface area contributed by atoms with E-state index in [1.807, 2.05) is 4.90 Å². The van der Waals surface area contributed by atoms with E-state index in [9.17, 15) is 4.79 Å². The summed E-state index contributed by atoms with van der Waals surface area (Å²) in [6.07, 6.45) is 7.12. The first-order valence-corrected chi connectivity index (χ1v) is 9.04. The van der Waals surface area contributed by atoms with Gasteiger partial charge in [0.25, 0.3) is 11.9 Å². The number of hydrogen-bond donors (Lipinski definition) is 0. The van der Waals surface area contributed by atoms with Gasteiger partial charge in [-0.1, -0.05) is 31.4 Å². The summed E-state index contributed by atoms with van der Waals surface area (Å²) in [7, 11) is 0. The van der Waals surface area contributed by atoms with Crippen LogP contribution in [0.2, 0.25) is 0 Å². The maximum Gasteiger partial charge on any atom is 0.295 e. The predicted molar refractivity (Wildman–Crippen MR) is 91.3 cm³/mol. The molecule has 1 aliphatic carbocycles. The quantitative estimate of drug-likeness (QED) is 0.852. The third kappa shape index (κ3) is 3.40. The predicted octanol–water partition coefficient (Wildman–Crippen LogP) is 3.10. The van der Waals surface area contributed by atoms with Crippen molar-refractivity contribution in [3.8, 4) is 5.75 Å². The fourth-order valence-corrected chi connectivity index (χ4v) is 3.81. The second-order valence-electron chi connectivity index (χ2n) is 6.94. The van der Waals surface area contributed by atoms with Crippen LogP contribution in [0.25, 0.3) is 0 Å². The van der Waals surface area contributed by atoms with Gasteiger partial charge in [-0.05, 0) is 36.5 Å². The first kappa shape index (κ1) is 15.5. The van der Waals surface area contributed by atoms with Crippen LogP contribution in [0.1, 0.15) is 50.0 Å². The van der Waals surface area contributed by atoms with Crippen molar-refractivity contribution in [1.29, 1.82) is 0 Å². The third-order valence-corrected chi connectivity index (χ3v) is 5.18. The Labute approximate surface area is 142 Å². The van der Waals surface area contributed by atoms with Crippen molar-refractivity contribution in [2.24, 2.45) is 4.99 Å². The molecule has 1 aromatic carbocycles. The molecule has 2 heterocycles. The Morgan fingerprint density at radius 3 is 2.75 bits per heavy atom. The number of hydrogen-bond acceptors (Lipinski definition) is 4. The highest BCUT2D eigenvalue weighted by Crippen LogP contribution is 2.33. The van der Waals surface area contributed by atoms with Crippen LogP contribution >= 0.6 is 0 Å². The lowest BCUT2D eigenvalue weighted by Gasteiger charge is -2.22. The second kappa shape index (κ2) is 6.83. The Morgan fingerprint density at radius 2 is 1.96 bits per heavy atom. The van der Waals surface area contributed by atoms with Crippen molar-refractivity contribution >= 4 is 11.9 Å². The van der Waals surface area contributed by atoms with Gasteiger partial charge in [-0.25, -0.2) is 0 Å². The van der Waals surface area contributed by atoms with E-state index in [-0.39, 0.29) is 12.0 Å². The summed E-state index contributed by atoms with van der Waals surface area (Å²) in [6.45, 7) is 1.92. The average Bonchev–Trinajstić information content (AvgIpc) is 3.03. The van der Waals surface area contributed by atoms with Crippen LogP contribution in [0.15, 0.2) is 29.3 Å². The summed E-state index contributed by atoms with van der Waals surface area (Å²) in [4.78, 5) is 17.3. The summed E-state index contributed by atoms with van der Waals surface area (Å²) in [6, 6.07) is 8.99. The lowest BCUT2D eigenvalue weighted by Crippen LogP contribution is -2.33. The summed E-state index contributed by atoms with van der Waals surface area (Å²) >= 11 is 0. The first-order valence-electron chi connectivity index (χ1n) is 9.04. The molecule has 2 aliphatic heterocycles. The van der Waals surface area contributed by atoms with Gasteiger partial charge in [0, 0.05) is 13.0 Å². The second-order valence-corrected chi connectivity index (χ2v) is 6.94. The molecule has 0 radical (unpaired) electrons. The van der Waals surface area contributed by atoms with Crippen molar-refractivity contribution in [2.75, 3.05) is 19.7 Å². The number of nitrogens with zero attached hydrogens (tertiary/aromatic N) is 2. The summed E-state index contributed by atoms with van der Waals surface area (Å²) in [5.74, 6) is 1.50.